The van der Waals surface area contributed by atoms with Gasteiger partial charge in [0.25, 0.3) is 5.91 Å². The molecule has 3 N–H and O–H groups in total. The van der Waals surface area contributed by atoms with E-state index in [4.69, 9.17) is 4.74 Å². The Labute approximate surface area is 191 Å². The van der Waals surface area contributed by atoms with E-state index in [1.807, 2.05) is 44.3 Å². The molecule has 0 spiro atoms. The Balaban J connectivity index is 1.52. The molecule has 5 rings (SSSR count). The van der Waals surface area contributed by atoms with Gasteiger partial charge < -0.3 is 20.1 Å². The lowest BCUT2D eigenvalue weighted by molar-refractivity contribution is 0.102. The van der Waals surface area contributed by atoms with Crippen LogP contribution in [-0.2, 0) is 4.74 Å². The van der Waals surface area contributed by atoms with Gasteiger partial charge in [-0.3, -0.25) is 9.89 Å². The minimum Gasteiger partial charge on any atom is -0.493 e. The van der Waals surface area contributed by atoms with E-state index in [2.05, 4.69) is 25.4 Å². The number of rotatable bonds is 4. The Morgan fingerprint density at radius 1 is 1.12 bits per heavy atom. The zero-order valence-electron chi connectivity index (χ0n) is 18.6. The first-order chi connectivity index (χ1) is 16.0. The highest BCUT2D eigenvalue weighted by atomic mass is 16.5. The summed E-state index contributed by atoms with van der Waals surface area (Å²) in [6, 6.07) is 13.0. The number of morpholine rings is 1. The molecule has 1 amide bonds. The average Bonchev–Trinajstić information content (AvgIpc) is 3.25. The number of aryl methyl sites for hydroxylation is 2. The third-order valence-electron chi connectivity index (χ3n) is 5.99. The number of aromatic amines is 1. The van der Waals surface area contributed by atoms with Gasteiger partial charge in [0, 0.05) is 47.7 Å². The number of amides is 1. The molecule has 8 nitrogen and oxygen atoms in total. The van der Waals surface area contributed by atoms with Crippen molar-refractivity contribution in [1.82, 2.24) is 15.2 Å². The van der Waals surface area contributed by atoms with Crippen molar-refractivity contribution < 1.29 is 14.6 Å². The van der Waals surface area contributed by atoms with Gasteiger partial charge in [0.05, 0.1) is 30.0 Å². The Morgan fingerprint density at radius 2 is 1.94 bits per heavy atom. The van der Waals surface area contributed by atoms with Crippen LogP contribution in [0.2, 0.25) is 0 Å². The summed E-state index contributed by atoms with van der Waals surface area (Å²) in [5, 5.41) is 20.8. The molecule has 2 aromatic carbocycles. The SMILES string of the molecule is Cc1n[nH]cc1-c1ccc(N2CCOCC2)c(C(=O)Nc2ccc3nc(O)cc(C)c3c2)c1. The minimum atomic E-state index is -0.191. The van der Waals surface area contributed by atoms with Crippen LogP contribution in [-0.4, -0.2) is 52.5 Å². The van der Waals surface area contributed by atoms with Crippen LogP contribution in [0, 0.1) is 13.8 Å². The number of anilines is 2. The summed E-state index contributed by atoms with van der Waals surface area (Å²) >= 11 is 0. The van der Waals surface area contributed by atoms with Crippen molar-refractivity contribution in [1.29, 1.82) is 0 Å². The van der Waals surface area contributed by atoms with Crippen LogP contribution in [0.15, 0.2) is 48.7 Å². The number of hydrogen-bond acceptors (Lipinski definition) is 6. The summed E-state index contributed by atoms with van der Waals surface area (Å²) in [5.74, 6) is -0.207. The topological polar surface area (TPSA) is 103 Å². The van der Waals surface area contributed by atoms with Crippen LogP contribution < -0.4 is 10.2 Å². The second kappa shape index (κ2) is 8.55. The molecule has 3 heterocycles. The fraction of sp³-hybridized carbons (Fsp3) is 0.240. The van der Waals surface area contributed by atoms with E-state index in [-0.39, 0.29) is 11.8 Å². The van der Waals surface area contributed by atoms with E-state index >= 15 is 0 Å². The molecule has 1 aliphatic rings. The fourth-order valence-electron chi connectivity index (χ4n) is 4.27. The zero-order chi connectivity index (χ0) is 22.9. The highest BCUT2D eigenvalue weighted by molar-refractivity contribution is 6.09. The molecule has 2 aromatic heterocycles. The predicted octanol–water partition coefficient (Wildman–Crippen LogP) is 4.04. The number of aromatic hydroxyl groups is 1. The Hall–Kier alpha value is -3.91. The van der Waals surface area contributed by atoms with E-state index in [9.17, 15) is 9.90 Å². The summed E-state index contributed by atoms with van der Waals surface area (Å²) < 4.78 is 5.50. The van der Waals surface area contributed by atoms with Crippen LogP contribution in [0.25, 0.3) is 22.0 Å². The maximum Gasteiger partial charge on any atom is 0.257 e. The van der Waals surface area contributed by atoms with Gasteiger partial charge in [-0.25, -0.2) is 4.98 Å². The average molecular weight is 444 g/mol. The number of hydrogen-bond donors (Lipinski definition) is 3. The van der Waals surface area contributed by atoms with E-state index in [0.29, 0.717) is 30.0 Å². The van der Waals surface area contributed by atoms with E-state index in [0.717, 1.165) is 46.5 Å². The monoisotopic (exact) mass is 443 g/mol. The summed E-state index contributed by atoms with van der Waals surface area (Å²) in [5.41, 5.74) is 6.47. The first-order valence-electron chi connectivity index (χ1n) is 10.9. The van der Waals surface area contributed by atoms with Gasteiger partial charge in [-0.2, -0.15) is 5.10 Å². The van der Waals surface area contributed by atoms with Crippen molar-refractivity contribution in [3.8, 4) is 17.0 Å². The Bertz CT molecular complexity index is 1340. The molecule has 0 atom stereocenters. The molecule has 1 aliphatic heterocycles. The van der Waals surface area contributed by atoms with Crippen LogP contribution in [0.3, 0.4) is 0 Å². The maximum atomic E-state index is 13.5. The van der Waals surface area contributed by atoms with Gasteiger partial charge in [0.15, 0.2) is 0 Å². The van der Waals surface area contributed by atoms with E-state index in [1.54, 1.807) is 18.2 Å². The number of carbonyl (C=O) groups is 1. The Morgan fingerprint density at radius 3 is 2.70 bits per heavy atom. The van der Waals surface area contributed by atoms with Gasteiger partial charge in [-0.1, -0.05) is 6.07 Å². The quantitative estimate of drug-likeness (QED) is 0.440. The van der Waals surface area contributed by atoms with Crippen molar-refractivity contribution in [2.45, 2.75) is 13.8 Å². The summed E-state index contributed by atoms with van der Waals surface area (Å²) in [6.45, 7) is 6.57. The first kappa shape index (κ1) is 21.0. The largest absolute Gasteiger partial charge is 0.493 e. The lowest BCUT2D eigenvalue weighted by atomic mass is 10.0. The molecule has 1 fully saturated rings. The number of carbonyl (C=O) groups excluding carboxylic acids is 1. The summed E-state index contributed by atoms with van der Waals surface area (Å²) in [4.78, 5) is 19.8. The molecule has 0 saturated carbocycles. The van der Waals surface area contributed by atoms with Crippen LogP contribution in [0.1, 0.15) is 21.6 Å². The van der Waals surface area contributed by atoms with Crippen molar-refractivity contribution in [2.75, 3.05) is 36.5 Å². The highest BCUT2D eigenvalue weighted by Crippen LogP contribution is 2.31. The first-order valence-corrected chi connectivity index (χ1v) is 10.9. The number of aromatic nitrogens is 3. The number of H-pyrrole nitrogens is 1. The van der Waals surface area contributed by atoms with Gasteiger partial charge >= 0.3 is 0 Å². The van der Waals surface area contributed by atoms with E-state index in [1.165, 1.54) is 0 Å². The van der Waals surface area contributed by atoms with Gasteiger partial charge in [0.1, 0.15) is 0 Å². The van der Waals surface area contributed by atoms with E-state index < -0.39 is 0 Å². The number of nitrogens with zero attached hydrogens (tertiary/aromatic N) is 3. The molecule has 0 bridgehead atoms. The van der Waals surface area contributed by atoms with Crippen LogP contribution in [0.4, 0.5) is 11.4 Å². The number of ether oxygens (including phenoxy) is 1. The number of pyridine rings is 1. The third-order valence-corrected chi connectivity index (χ3v) is 5.99. The second-order valence-electron chi connectivity index (χ2n) is 8.20. The molecular weight excluding hydrogens is 418 g/mol. The second-order valence-corrected chi connectivity index (χ2v) is 8.20. The molecule has 1 saturated heterocycles. The van der Waals surface area contributed by atoms with Crippen LogP contribution in [0.5, 0.6) is 5.88 Å². The highest BCUT2D eigenvalue weighted by Gasteiger charge is 2.21. The number of fused-ring (bicyclic) bond motifs is 1. The normalized spacial score (nSPS) is 13.9. The molecule has 8 heteroatoms. The fourth-order valence-corrected chi connectivity index (χ4v) is 4.27. The van der Waals surface area contributed by atoms with Crippen molar-refractivity contribution in [3.05, 3.63) is 65.5 Å². The molecule has 33 heavy (non-hydrogen) atoms. The van der Waals surface area contributed by atoms with Gasteiger partial charge in [0.2, 0.25) is 5.88 Å². The summed E-state index contributed by atoms with van der Waals surface area (Å²) in [6.07, 6.45) is 1.84. The van der Waals surface area contributed by atoms with Gasteiger partial charge in [-0.05, 0) is 55.3 Å². The minimum absolute atomic E-state index is 0.0155. The standard InChI is InChI=1S/C25H25N5O3/c1-15-11-24(31)28-22-5-4-18(13-19(15)22)27-25(32)20-12-17(21-14-26-29-16(21)2)3-6-23(20)30-7-9-33-10-8-30/h3-6,11-14H,7-10H2,1-2H3,(H,26,29)(H,27,32)(H,28,31). The van der Waals surface area contributed by atoms with Crippen LogP contribution >= 0.6 is 0 Å². The van der Waals surface area contributed by atoms with Crippen molar-refractivity contribution in [2.24, 2.45) is 0 Å². The zero-order valence-corrected chi connectivity index (χ0v) is 18.6. The summed E-state index contributed by atoms with van der Waals surface area (Å²) in [7, 11) is 0. The Kier molecular flexibility index (Phi) is 5.43. The predicted molar refractivity (Wildman–Crippen MR) is 128 cm³/mol. The third kappa shape index (κ3) is 4.12. The number of benzene rings is 2. The molecule has 0 aliphatic carbocycles. The van der Waals surface area contributed by atoms with Crippen molar-refractivity contribution >= 4 is 28.2 Å². The molecule has 168 valence electrons. The van der Waals surface area contributed by atoms with Crippen molar-refractivity contribution in [3.63, 3.8) is 0 Å². The lowest BCUT2D eigenvalue weighted by Gasteiger charge is -2.30. The number of nitrogens with one attached hydrogen (secondary N) is 2. The van der Waals surface area contributed by atoms with Gasteiger partial charge in [-0.15, -0.1) is 0 Å². The molecule has 0 radical (unpaired) electrons. The molecular formula is C25H25N5O3. The maximum absolute atomic E-state index is 13.5. The lowest BCUT2D eigenvalue weighted by Crippen LogP contribution is -2.37. The molecule has 4 aromatic rings. The molecule has 0 unspecified atom stereocenters. The smallest absolute Gasteiger partial charge is 0.257 e.